The lowest BCUT2D eigenvalue weighted by atomic mass is 10.4. The molecule has 0 fully saturated rings. The number of hydrogen-bond donors (Lipinski definition) is 1. The van der Waals surface area contributed by atoms with E-state index in [1.54, 1.807) is 23.9 Å². The van der Waals surface area contributed by atoms with Crippen molar-refractivity contribution in [2.45, 2.75) is 13.8 Å². The maximum absolute atomic E-state index is 10.6. The Hall–Kier alpha value is -2.44. The topological polar surface area (TPSA) is 84.1 Å². The highest BCUT2D eigenvalue weighted by molar-refractivity contribution is 5.72. The molecule has 0 atom stereocenters. The molecule has 100 valence electrons. The Morgan fingerprint density at radius 2 is 2.11 bits per heavy atom. The lowest BCUT2D eigenvalue weighted by molar-refractivity contribution is -0.135. The Morgan fingerprint density at radius 1 is 1.37 bits per heavy atom. The van der Waals surface area contributed by atoms with Gasteiger partial charge in [-0.25, -0.2) is 4.68 Å². The second-order valence-corrected chi connectivity index (χ2v) is 4.34. The monoisotopic (exact) mass is 261 g/mol. The summed E-state index contributed by atoms with van der Waals surface area (Å²) in [7, 11) is 1.65. The fraction of sp³-hybridized carbons (Fsp3) is 0.333. The summed E-state index contributed by atoms with van der Waals surface area (Å²) in [4.78, 5) is 12.1. The first-order valence-electron chi connectivity index (χ1n) is 5.77. The number of anilines is 1. The number of rotatable bonds is 4. The number of carboxylic acids is 1. The molecule has 2 aromatic heterocycles. The number of aliphatic carboxylic acids is 1. The van der Waals surface area contributed by atoms with Crippen LogP contribution in [0.3, 0.4) is 0 Å². The minimum atomic E-state index is -0.910. The number of nitrogens with zero attached hydrogens (tertiary/aromatic N) is 5. The van der Waals surface area contributed by atoms with Crippen molar-refractivity contribution in [3.05, 3.63) is 29.6 Å². The molecule has 0 saturated carbocycles. The first-order chi connectivity index (χ1) is 8.97. The average molecular weight is 261 g/mol. The molecular formula is C12H15N5O2. The first kappa shape index (κ1) is 13.0. The maximum Gasteiger partial charge on any atom is 0.323 e. The summed E-state index contributed by atoms with van der Waals surface area (Å²) in [5.41, 5.74) is 1.88. The molecule has 2 heterocycles. The van der Waals surface area contributed by atoms with E-state index in [0.29, 0.717) is 11.6 Å². The van der Waals surface area contributed by atoms with E-state index in [2.05, 4.69) is 15.3 Å². The number of carbonyl (C=O) groups is 1. The Balaban J connectivity index is 2.23. The van der Waals surface area contributed by atoms with Gasteiger partial charge in [0.1, 0.15) is 6.54 Å². The largest absolute Gasteiger partial charge is 0.480 e. The molecule has 0 radical (unpaired) electrons. The lowest BCUT2D eigenvalue weighted by Gasteiger charge is -2.14. The second kappa shape index (κ2) is 5.05. The molecule has 0 saturated heterocycles. The van der Waals surface area contributed by atoms with Crippen molar-refractivity contribution in [2.75, 3.05) is 18.5 Å². The summed E-state index contributed by atoms with van der Waals surface area (Å²) in [6, 6.07) is 5.44. The maximum atomic E-state index is 10.6. The average Bonchev–Trinajstić information content (AvgIpc) is 2.68. The SMILES string of the molecule is Cc1cc(C)n(-c2ccc(N(C)CC(=O)O)nn2)n1. The van der Waals surface area contributed by atoms with E-state index in [4.69, 9.17) is 5.11 Å². The highest BCUT2D eigenvalue weighted by Crippen LogP contribution is 2.12. The van der Waals surface area contributed by atoms with Crippen LogP contribution >= 0.6 is 0 Å². The van der Waals surface area contributed by atoms with E-state index >= 15 is 0 Å². The Morgan fingerprint density at radius 3 is 2.58 bits per heavy atom. The zero-order chi connectivity index (χ0) is 14.0. The summed E-state index contributed by atoms with van der Waals surface area (Å²) in [5, 5.41) is 21.1. The van der Waals surface area contributed by atoms with Crippen LogP contribution in [0.25, 0.3) is 5.82 Å². The van der Waals surface area contributed by atoms with Gasteiger partial charge < -0.3 is 10.0 Å². The third-order valence-electron chi connectivity index (χ3n) is 2.63. The van der Waals surface area contributed by atoms with Crippen molar-refractivity contribution in [1.82, 2.24) is 20.0 Å². The van der Waals surface area contributed by atoms with E-state index in [1.165, 1.54) is 4.90 Å². The smallest absolute Gasteiger partial charge is 0.323 e. The van der Waals surface area contributed by atoms with E-state index in [-0.39, 0.29) is 6.54 Å². The van der Waals surface area contributed by atoms with Crippen LogP contribution in [-0.2, 0) is 4.79 Å². The van der Waals surface area contributed by atoms with E-state index in [0.717, 1.165) is 11.4 Å². The molecule has 0 amide bonds. The van der Waals surface area contributed by atoms with Gasteiger partial charge in [0, 0.05) is 12.7 Å². The molecule has 0 bridgehead atoms. The van der Waals surface area contributed by atoms with Crippen molar-refractivity contribution < 1.29 is 9.90 Å². The Labute approximate surface area is 110 Å². The molecule has 7 heteroatoms. The zero-order valence-electron chi connectivity index (χ0n) is 11.0. The summed E-state index contributed by atoms with van der Waals surface area (Å²) in [6.45, 7) is 3.73. The molecule has 0 aliphatic rings. The first-order valence-corrected chi connectivity index (χ1v) is 5.77. The van der Waals surface area contributed by atoms with Crippen molar-refractivity contribution in [3.8, 4) is 5.82 Å². The van der Waals surface area contributed by atoms with Crippen LogP contribution in [0.4, 0.5) is 5.82 Å². The van der Waals surface area contributed by atoms with Gasteiger partial charge in [-0.15, -0.1) is 10.2 Å². The van der Waals surface area contributed by atoms with Crippen molar-refractivity contribution in [1.29, 1.82) is 0 Å². The van der Waals surface area contributed by atoms with Gasteiger partial charge >= 0.3 is 5.97 Å². The van der Waals surface area contributed by atoms with Crippen LogP contribution in [0.2, 0.25) is 0 Å². The summed E-state index contributed by atoms with van der Waals surface area (Å²) >= 11 is 0. The Kier molecular flexibility index (Phi) is 3.46. The number of aromatic nitrogens is 4. The van der Waals surface area contributed by atoms with E-state index < -0.39 is 5.97 Å². The predicted octanol–water partition coefficient (Wildman–Crippen LogP) is 0.800. The molecule has 0 spiro atoms. The van der Waals surface area contributed by atoms with E-state index in [9.17, 15) is 4.79 Å². The van der Waals surface area contributed by atoms with Gasteiger partial charge in [0.25, 0.3) is 0 Å². The summed E-state index contributed by atoms with van der Waals surface area (Å²) in [5.74, 6) is 0.206. The number of hydrogen-bond acceptors (Lipinski definition) is 5. The van der Waals surface area contributed by atoms with Gasteiger partial charge in [0.05, 0.1) is 5.69 Å². The number of aryl methyl sites for hydroxylation is 2. The second-order valence-electron chi connectivity index (χ2n) is 4.34. The van der Waals surface area contributed by atoms with Gasteiger partial charge in [-0.2, -0.15) is 5.10 Å². The highest BCUT2D eigenvalue weighted by atomic mass is 16.4. The van der Waals surface area contributed by atoms with Gasteiger partial charge in [-0.1, -0.05) is 0 Å². The zero-order valence-corrected chi connectivity index (χ0v) is 11.0. The van der Waals surface area contributed by atoms with Gasteiger partial charge in [0.2, 0.25) is 0 Å². The van der Waals surface area contributed by atoms with Crippen molar-refractivity contribution >= 4 is 11.8 Å². The molecule has 0 aromatic carbocycles. The van der Waals surface area contributed by atoms with Gasteiger partial charge in [0.15, 0.2) is 11.6 Å². The third kappa shape index (κ3) is 2.87. The molecule has 19 heavy (non-hydrogen) atoms. The quantitative estimate of drug-likeness (QED) is 0.876. The molecular weight excluding hydrogens is 246 g/mol. The fourth-order valence-electron chi connectivity index (χ4n) is 1.78. The molecule has 0 aliphatic heterocycles. The summed E-state index contributed by atoms with van der Waals surface area (Å²) < 4.78 is 1.70. The normalized spacial score (nSPS) is 10.5. The molecule has 2 aromatic rings. The van der Waals surface area contributed by atoms with Crippen LogP contribution in [0, 0.1) is 13.8 Å². The van der Waals surface area contributed by atoms with Gasteiger partial charge in [-0.3, -0.25) is 4.79 Å². The van der Waals surface area contributed by atoms with Crippen LogP contribution in [0.15, 0.2) is 18.2 Å². The van der Waals surface area contributed by atoms with Crippen LogP contribution in [-0.4, -0.2) is 44.6 Å². The number of likely N-dealkylation sites (N-methyl/N-ethyl adjacent to an activating group) is 1. The standard InChI is InChI=1S/C12H15N5O2/c1-8-6-9(2)17(15-8)11-5-4-10(13-14-11)16(3)7-12(18)19/h4-6H,7H2,1-3H3,(H,18,19). The fourth-order valence-corrected chi connectivity index (χ4v) is 1.78. The predicted molar refractivity (Wildman–Crippen MR) is 69.5 cm³/mol. The highest BCUT2D eigenvalue weighted by Gasteiger charge is 2.09. The molecule has 0 aliphatic carbocycles. The molecule has 0 unspecified atom stereocenters. The van der Waals surface area contributed by atoms with Gasteiger partial charge in [-0.05, 0) is 32.0 Å². The van der Waals surface area contributed by atoms with E-state index in [1.807, 2.05) is 19.9 Å². The van der Waals surface area contributed by atoms with Crippen LogP contribution < -0.4 is 4.90 Å². The van der Waals surface area contributed by atoms with Crippen molar-refractivity contribution in [3.63, 3.8) is 0 Å². The van der Waals surface area contributed by atoms with Crippen LogP contribution in [0.1, 0.15) is 11.4 Å². The third-order valence-corrected chi connectivity index (χ3v) is 2.63. The molecule has 1 N–H and O–H groups in total. The Bertz CT molecular complexity index is 591. The minimum absolute atomic E-state index is 0.117. The molecule has 7 nitrogen and oxygen atoms in total. The minimum Gasteiger partial charge on any atom is -0.480 e. The summed E-state index contributed by atoms with van der Waals surface area (Å²) in [6.07, 6.45) is 0. The number of carboxylic acid groups (broad SMARTS) is 1. The van der Waals surface area contributed by atoms with Crippen LogP contribution in [0.5, 0.6) is 0 Å². The molecule has 2 rings (SSSR count). The lowest BCUT2D eigenvalue weighted by Crippen LogP contribution is -2.26. The van der Waals surface area contributed by atoms with Crippen molar-refractivity contribution in [2.24, 2.45) is 0 Å².